The zero-order valence-electron chi connectivity index (χ0n) is 21.8. The van der Waals surface area contributed by atoms with E-state index in [-0.39, 0.29) is 11.3 Å². The fourth-order valence-corrected chi connectivity index (χ4v) is 4.36. The van der Waals surface area contributed by atoms with E-state index in [9.17, 15) is 14.7 Å². The first-order valence-corrected chi connectivity index (χ1v) is 12.8. The summed E-state index contributed by atoms with van der Waals surface area (Å²) < 4.78 is 11.4. The first kappa shape index (κ1) is 27.3. The summed E-state index contributed by atoms with van der Waals surface area (Å²) in [6, 6.07) is 13.7. The molecule has 194 valence electrons. The average Bonchev–Trinajstić information content (AvgIpc) is 3.12. The van der Waals surface area contributed by atoms with Gasteiger partial charge >= 0.3 is 0 Å². The van der Waals surface area contributed by atoms with Gasteiger partial charge in [-0.2, -0.15) is 0 Å². The molecule has 7 nitrogen and oxygen atoms in total. The number of amides is 1. The molecule has 2 aromatic carbocycles. The van der Waals surface area contributed by atoms with E-state index in [0.29, 0.717) is 43.2 Å². The van der Waals surface area contributed by atoms with Crippen molar-refractivity contribution >= 4 is 17.4 Å². The van der Waals surface area contributed by atoms with Crippen molar-refractivity contribution in [3.8, 4) is 11.5 Å². The van der Waals surface area contributed by atoms with Crippen molar-refractivity contribution in [1.29, 1.82) is 0 Å². The van der Waals surface area contributed by atoms with Gasteiger partial charge in [0.25, 0.3) is 11.7 Å². The number of hydrogen-bond acceptors (Lipinski definition) is 6. The van der Waals surface area contributed by atoms with E-state index in [1.54, 1.807) is 29.2 Å². The summed E-state index contributed by atoms with van der Waals surface area (Å²) in [7, 11) is 3.94. The number of ether oxygens (including phenoxy) is 2. The Bertz CT molecular complexity index is 1060. The highest BCUT2D eigenvalue weighted by Gasteiger charge is 2.45. The summed E-state index contributed by atoms with van der Waals surface area (Å²) in [6.45, 7) is 6.34. The Labute approximate surface area is 214 Å². The molecule has 0 aliphatic carbocycles. The largest absolute Gasteiger partial charge is 0.507 e. The summed E-state index contributed by atoms with van der Waals surface area (Å²) >= 11 is 0. The number of nitrogens with zero attached hydrogens (tertiary/aromatic N) is 2. The summed E-state index contributed by atoms with van der Waals surface area (Å²) in [5, 5.41) is 11.3. The second-order valence-corrected chi connectivity index (χ2v) is 9.23. The molecule has 0 spiro atoms. The van der Waals surface area contributed by atoms with Crippen LogP contribution in [0.15, 0.2) is 54.1 Å². The van der Waals surface area contributed by atoms with E-state index < -0.39 is 17.7 Å². The molecular formula is C29H38N2O5. The lowest BCUT2D eigenvalue weighted by Gasteiger charge is -2.26. The Morgan fingerprint density at radius 2 is 1.72 bits per heavy atom. The molecule has 1 atom stereocenters. The molecule has 1 saturated heterocycles. The van der Waals surface area contributed by atoms with Crippen molar-refractivity contribution < 1.29 is 24.2 Å². The summed E-state index contributed by atoms with van der Waals surface area (Å²) in [6.07, 6.45) is 3.86. The molecule has 3 rings (SSSR count). The van der Waals surface area contributed by atoms with Gasteiger partial charge in [-0.25, -0.2) is 0 Å². The van der Waals surface area contributed by atoms with Crippen LogP contribution in [-0.4, -0.2) is 67.0 Å². The lowest BCUT2D eigenvalue weighted by atomic mass is 9.95. The topological polar surface area (TPSA) is 79.3 Å². The van der Waals surface area contributed by atoms with Gasteiger partial charge in [-0.05, 0) is 82.4 Å². The van der Waals surface area contributed by atoms with Crippen LogP contribution in [0.1, 0.15) is 56.7 Å². The molecule has 1 unspecified atom stereocenters. The van der Waals surface area contributed by atoms with Crippen LogP contribution in [0, 0.1) is 0 Å². The molecule has 0 bridgehead atoms. The lowest BCUT2D eigenvalue weighted by Crippen LogP contribution is -2.32. The zero-order chi connectivity index (χ0) is 26.1. The fraction of sp³-hybridized carbons (Fsp3) is 0.448. The van der Waals surface area contributed by atoms with E-state index >= 15 is 0 Å². The minimum absolute atomic E-state index is 0.0946. The minimum atomic E-state index is -0.696. The number of aliphatic hydroxyl groups excluding tert-OH is 1. The van der Waals surface area contributed by atoms with Crippen molar-refractivity contribution in [2.45, 2.75) is 45.6 Å². The van der Waals surface area contributed by atoms with E-state index in [4.69, 9.17) is 9.47 Å². The molecule has 2 aromatic rings. The summed E-state index contributed by atoms with van der Waals surface area (Å²) in [4.78, 5) is 30.0. The molecule has 0 aromatic heterocycles. The predicted octanol–water partition coefficient (Wildman–Crippen LogP) is 5.03. The molecule has 1 amide bonds. The van der Waals surface area contributed by atoms with Gasteiger partial charge in [-0.3, -0.25) is 9.59 Å². The number of likely N-dealkylation sites (tertiary alicyclic amines) is 1. The van der Waals surface area contributed by atoms with Crippen LogP contribution >= 0.6 is 0 Å². The van der Waals surface area contributed by atoms with Gasteiger partial charge in [0.2, 0.25) is 0 Å². The Morgan fingerprint density at radius 1 is 0.972 bits per heavy atom. The van der Waals surface area contributed by atoms with Crippen LogP contribution in [0.25, 0.3) is 5.76 Å². The van der Waals surface area contributed by atoms with Crippen LogP contribution in [0.3, 0.4) is 0 Å². The second kappa shape index (κ2) is 13.1. The molecule has 1 aliphatic heterocycles. The molecule has 1 N–H and O–H groups in total. The monoisotopic (exact) mass is 494 g/mol. The third kappa shape index (κ3) is 6.66. The second-order valence-electron chi connectivity index (χ2n) is 9.23. The van der Waals surface area contributed by atoms with Crippen molar-refractivity contribution in [3.63, 3.8) is 0 Å². The van der Waals surface area contributed by atoms with E-state index in [0.717, 1.165) is 31.4 Å². The van der Waals surface area contributed by atoms with Crippen LogP contribution in [0.5, 0.6) is 11.5 Å². The third-order valence-corrected chi connectivity index (χ3v) is 6.17. The highest BCUT2D eigenvalue weighted by Crippen LogP contribution is 2.40. The van der Waals surface area contributed by atoms with Gasteiger partial charge in [-0.1, -0.05) is 31.9 Å². The number of ketones is 1. The minimum Gasteiger partial charge on any atom is -0.507 e. The number of Topliss-reactive ketones (excluding diaryl/α,β-unsaturated/α-hetero) is 1. The molecule has 36 heavy (non-hydrogen) atoms. The normalized spacial score (nSPS) is 17.1. The van der Waals surface area contributed by atoms with E-state index in [1.165, 1.54) is 0 Å². The van der Waals surface area contributed by atoms with Gasteiger partial charge in [0.15, 0.2) is 0 Å². The van der Waals surface area contributed by atoms with Gasteiger partial charge in [-0.15, -0.1) is 0 Å². The highest BCUT2D eigenvalue weighted by molar-refractivity contribution is 6.46. The molecule has 0 saturated carbocycles. The van der Waals surface area contributed by atoms with Gasteiger partial charge in [0.05, 0.1) is 24.8 Å². The maximum Gasteiger partial charge on any atom is 0.295 e. The average molecular weight is 495 g/mol. The Balaban J connectivity index is 2.00. The van der Waals surface area contributed by atoms with Gasteiger partial charge in [0.1, 0.15) is 17.3 Å². The standard InChI is InChI=1S/C29H38N2O5/c1-5-7-8-19-36-24-12-9-11-22(20-24)26-25(27(32)21-13-15-23(16-14-21)35-6-2)28(33)29(34)31(26)18-10-17-30(3)4/h9,11-16,20,26,32H,5-8,10,17-19H2,1-4H3. The summed E-state index contributed by atoms with van der Waals surface area (Å²) in [5.41, 5.74) is 1.29. The van der Waals surface area contributed by atoms with Crippen LogP contribution in [0.2, 0.25) is 0 Å². The van der Waals surface area contributed by atoms with Crippen molar-refractivity contribution in [2.24, 2.45) is 0 Å². The first-order valence-electron chi connectivity index (χ1n) is 12.8. The summed E-state index contributed by atoms with van der Waals surface area (Å²) in [5.74, 6) is -0.108. The first-order chi connectivity index (χ1) is 17.4. The van der Waals surface area contributed by atoms with Crippen molar-refractivity contribution in [3.05, 3.63) is 65.2 Å². The number of aliphatic hydroxyl groups is 1. The third-order valence-electron chi connectivity index (χ3n) is 6.17. The molecule has 1 heterocycles. The highest BCUT2D eigenvalue weighted by atomic mass is 16.5. The van der Waals surface area contributed by atoms with E-state index in [2.05, 4.69) is 6.92 Å². The number of rotatable bonds is 13. The fourth-order valence-electron chi connectivity index (χ4n) is 4.36. The SMILES string of the molecule is CCCCCOc1cccc(C2C(=C(O)c3ccc(OCC)cc3)C(=O)C(=O)N2CCCN(C)C)c1. The Hall–Kier alpha value is -3.32. The quantitative estimate of drug-likeness (QED) is 0.182. The lowest BCUT2D eigenvalue weighted by molar-refractivity contribution is -0.139. The van der Waals surface area contributed by atoms with Crippen LogP contribution in [-0.2, 0) is 9.59 Å². The number of carbonyl (C=O) groups excluding carboxylic acids is 2. The smallest absolute Gasteiger partial charge is 0.295 e. The van der Waals surface area contributed by atoms with Crippen LogP contribution < -0.4 is 9.47 Å². The Kier molecular flexibility index (Phi) is 9.94. The van der Waals surface area contributed by atoms with Crippen molar-refractivity contribution in [2.75, 3.05) is 40.4 Å². The number of hydrogen-bond donors (Lipinski definition) is 1. The van der Waals surface area contributed by atoms with E-state index in [1.807, 2.05) is 50.2 Å². The predicted molar refractivity (Wildman–Crippen MR) is 141 cm³/mol. The number of benzene rings is 2. The maximum absolute atomic E-state index is 13.2. The molecule has 0 radical (unpaired) electrons. The van der Waals surface area contributed by atoms with Crippen LogP contribution in [0.4, 0.5) is 0 Å². The molecule has 1 aliphatic rings. The maximum atomic E-state index is 13.2. The molecule has 1 fully saturated rings. The van der Waals surface area contributed by atoms with Gasteiger partial charge in [0, 0.05) is 12.1 Å². The molecular weight excluding hydrogens is 456 g/mol. The molecule has 7 heteroatoms. The number of carbonyl (C=O) groups is 2. The zero-order valence-corrected chi connectivity index (χ0v) is 21.8. The Morgan fingerprint density at radius 3 is 2.39 bits per heavy atom. The number of unbranched alkanes of at least 4 members (excludes halogenated alkanes) is 2. The van der Waals surface area contributed by atoms with Crippen molar-refractivity contribution in [1.82, 2.24) is 9.80 Å². The van der Waals surface area contributed by atoms with Gasteiger partial charge < -0.3 is 24.4 Å².